The summed E-state index contributed by atoms with van der Waals surface area (Å²) in [4.78, 5) is 0. The second kappa shape index (κ2) is 11.7. The third kappa shape index (κ3) is 7.84. The van der Waals surface area contributed by atoms with Crippen LogP contribution in [-0.4, -0.2) is 51.4 Å². The fourth-order valence-electron chi connectivity index (χ4n) is 2.54. The molecule has 1 heterocycles. The molecule has 4 atom stereocenters. The van der Waals surface area contributed by atoms with Crippen LogP contribution in [0.2, 0.25) is 0 Å². The molecule has 0 bridgehead atoms. The minimum atomic E-state index is -1.08. The van der Waals surface area contributed by atoms with Crippen molar-refractivity contribution in [3.05, 3.63) is 0 Å². The van der Waals surface area contributed by atoms with Crippen molar-refractivity contribution in [2.45, 2.75) is 88.5 Å². The first-order valence-corrected chi connectivity index (χ1v) is 9.49. The lowest BCUT2D eigenvalue weighted by atomic mass is 10.1. The quantitative estimate of drug-likeness (QED) is 0.511. The molecular formula is C16H32O4S. The lowest BCUT2D eigenvalue weighted by Gasteiger charge is -2.34. The molecule has 0 radical (unpaired) electrons. The van der Waals surface area contributed by atoms with E-state index in [0.717, 1.165) is 12.2 Å². The maximum absolute atomic E-state index is 9.80. The smallest absolute Gasteiger partial charge is 0.131 e. The summed E-state index contributed by atoms with van der Waals surface area (Å²) in [6, 6.07) is 0. The lowest BCUT2D eigenvalue weighted by Crippen LogP contribution is -2.51. The minimum absolute atomic E-state index is 0.105. The highest BCUT2D eigenvalue weighted by Gasteiger charge is 2.37. The summed E-state index contributed by atoms with van der Waals surface area (Å²) >= 11 is 1.54. The van der Waals surface area contributed by atoms with E-state index in [4.69, 9.17) is 4.74 Å². The van der Waals surface area contributed by atoms with Gasteiger partial charge in [0.2, 0.25) is 0 Å². The van der Waals surface area contributed by atoms with Crippen LogP contribution in [0.4, 0.5) is 0 Å². The van der Waals surface area contributed by atoms with E-state index < -0.39 is 23.7 Å². The van der Waals surface area contributed by atoms with E-state index in [2.05, 4.69) is 6.92 Å². The van der Waals surface area contributed by atoms with Crippen LogP contribution < -0.4 is 0 Å². The van der Waals surface area contributed by atoms with Gasteiger partial charge in [0.05, 0.1) is 6.61 Å². The van der Waals surface area contributed by atoms with Crippen molar-refractivity contribution < 1.29 is 20.1 Å². The van der Waals surface area contributed by atoms with Gasteiger partial charge in [-0.2, -0.15) is 0 Å². The van der Waals surface area contributed by atoms with Gasteiger partial charge in [-0.1, -0.05) is 58.3 Å². The normalized spacial score (nSPS) is 29.7. The molecule has 0 aromatic carbocycles. The van der Waals surface area contributed by atoms with Gasteiger partial charge >= 0.3 is 0 Å². The number of hydrogen-bond donors (Lipinski definition) is 3. The third-order valence-electron chi connectivity index (χ3n) is 3.98. The predicted molar refractivity (Wildman–Crippen MR) is 87.4 cm³/mol. The van der Waals surface area contributed by atoms with Crippen LogP contribution in [0.5, 0.6) is 0 Å². The van der Waals surface area contributed by atoms with E-state index in [1.165, 1.54) is 51.4 Å². The van der Waals surface area contributed by atoms with Gasteiger partial charge in [0.25, 0.3) is 0 Å². The molecule has 1 aliphatic rings. The van der Waals surface area contributed by atoms with Crippen molar-refractivity contribution in [2.24, 2.45) is 0 Å². The Labute approximate surface area is 133 Å². The predicted octanol–water partition coefficient (Wildman–Crippen LogP) is 2.69. The molecule has 5 heteroatoms. The fraction of sp³-hybridized carbons (Fsp3) is 1.00. The van der Waals surface area contributed by atoms with Gasteiger partial charge in [0.15, 0.2) is 0 Å². The maximum Gasteiger partial charge on any atom is 0.131 e. The molecule has 1 saturated heterocycles. The van der Waals surface area contributed by atoms with Crippen LogP contribution in [0.1, 0.15) is 64.7 Å². The zero-order valence-electron chi connectivity index (χ0n) is 13.2. The minimum Gasteiger partial charge on any atom is -0.388 e. The number of hydrogen-bond acceptors (Lipinski definition) is 5. The lowest BCUT2D eigenvalue weighted by molar-refractivity contribution is -0.161. The molecule has 0 aromatic rings. The molecule has 0 aliphatic carbocycles. The first-order chi connectivity index (χ1) is 10.2. The zero-order valence-corrected chi connectivity index (χ0v) is 14.1. The van der Waals surface area contributed by atoms with Gasteiger partial charge in [-0.05, 0) is 12.2 Å². The Morgan fingerprint density at radius 1 is 0.857 bits per heavy atom. The van der Waals surface area contributed by atoms with Crippen LogP contribution in [0.3, 0.4) is 0 Å². The average Bonchev–Trinajstić information content (AvgIpc) is 2.49. The van der Waals surface area contributed by atoms with Gasteiger partial charge in [0.1, 0.15) is 23.7 Å². The number of aliphatic hydroxyl groups is 3. The molecule has 0 amide bonds. The molecule has 0 saturated carbocycles. The molecule has 0 aromatic heterocycles. The van der Waals surface area contributed by atoms with Crippen molar-refractivity contribution in [3.8, 4) is 0 Å². The monoisotopic (exact) mass is 320 g/mol. The molecule has 0 unspecified atom stereocenters. The highest BCUT2D eigenvalue weighted by Crippen LogP contribution is 2.25. The highest BCUT2D eigenvalue weighted by atomic mass is 32.2. The number of thioether (sulfide) groups is 1. The van der Waals surface area contributed by atoms with Crippen molar-refractivity contribution in [1.82, 2.24) is 0 Å². The maximum atomic E-state index is 9.80. The Bertz CT molecular complexity index is 252. The highest BCUT2D eigenvalue weighted by molar-refractivity contribution is 7.99. The van der Waals surface area contributed by atoms with E-state index in [-0.39, 0.29) is 6.61 Å². The topological polar surface area (TPSA) is 69.9 Å². The molecule has 126 valence electrons. The summed E-state index contributed by atoms with van der Waals surface area (Å²) < 4.78 is 5.36. The fourth-order valence-corrected chi connectivity index (χ4v) is 3.67. The summed E-state index contributed by atoms with van der Waals surface area (Å²) in [5, 5.41) is 28.7. The third-order valence-corrected chi connectivity index (χ3v) is 5.25. The summed E-state index contributed by atoms with van der Waals surface area (Å²) in [7, 11) is 0. The molecule has 21 heavy (non-hydrogen) atoms. The Balaban J connectivity index is 1.92. The molecule has 1 rings (SSSR count). The van der Waals surface area contributed by atoms with Crippen molar-refractivity contribution in [2.75, 3.05) is 12.4 Å². The molecular weight excluding hydrogens is 288 g/mol. The van der Waals surface area contributed by atoms with E-state index >= 15 is 0 Å². The van der Waals surface area contributed by atoms with E-state index in [0.29, 0.717) is 0 Å². The van der Waals surface area contributed by atoms with Gasteiger partial charge in [-0.25, -0.2) is 0 Å². The standard InChI is InChI=1S/C16H32O4S/c1-2-3-4-5-6-7-8-9-10-11-21-16-15(19)14(18)13(17)12-20-16/h13-19H,2-12H2,1H3/t13-,14+,15-,16+/m1/s1. The Morgan fingerprint density at radius 3 is 2.05 bits per heavy atom. The molecule has 4 nitrogen and oxygen atoms in total. The summed E-state index contributed by atoms with van der Waals surface area (Å²) in [6.07, 6.45) is 8.65. The molecule has 1 fully saturated rings. The second-order valence-electron chi connectivity index (χ2n) is 5.95. The van der Waals surface area contributed by atoms with E-state index in [1.807, 2.05) is 0 Å². The van der Waals surface area contributed by atoms with Crippen LogP contribution in [-0.2, 0) is 4.74 Å². The zero-order chi connectivity index (χ0) is 15.5. The number of rotatable bonds is 11. The van der Waals surface area contributed by atoms with Gasteiger partial charge in [-0.3, -0.25) is 0 Å². The molecule has 3 N–H and O–H groups in total. The Morgan fingerprint density at radius 2 is 1.43 bits per heavy atom. The summed E-state index contributed by atoms with van der Waals surface area (Å²) in [5.74, 6) is 0.931. The van der Waals surface area contributed by atoms with Crippen LogP contribution in [0.25, 0.3) is 0 Å². The molecule has 0 spiro atoms. The van der Waals surface area contributed by atoms with Crippen LogP contribution in [0, 0.1) is 0 Å². The van der Waals surface area contributed by atoms with Gasteiger partial charge < -0.3 is 20.1 Å². The first kappa shape index (κ1) is 19.2. The summed E-state index contributed by atoms with van der Waals surface area (Å²) in [6.45, 7) is 2.35. The first-order valence-electron chi connectivity index (χ1n) is 8.44. The Kier molecular flexibility index (Phi) is 10.7. The average molecular weight is 320 g/mol. The number of unbranched alkanes of at least 4 members (excludes halogenated alkanes) is 8. The largest absolute Gasteiger partial charge is 0.388 e. The van der Waals surface area contributed by atoms with Gasteiger partial charge in [0, 0.05) is 0 Å². The SMILES string of the molecule is CCCCCCCCCCCS[C@@H]1OC[C@@H](O)[C@H](O)[C@H]1O. The molecule has 1 aliphatic heterocycles. The Hall–Kier alpha value is 0.190. The van der Waals surface area contributed by atoms with Crippen molar-refractivity contribution in [3.63, 3.8) is 0 Å². The van der Waals surface area contributed by atoms with Gasteiger partial charge in [-0.15, -0.1) is 11.8 Å². The van der Waals surface area contributed by atoms with Crippen molar-refractivity contribution >= 4 is 11.8 Å². The van der Waals surface area contributed by atoms with Crippen molar-refractivity contribution in [1.29, 1.82) is 0 Å². The van der Waals surface area contributed by atoms with E-state index in [9.17, 15) is 15.3 Å². The summed E-state index contributed by atoms with van der Waals surface area (Å²) in [5.41, 5.74) is -0.405. The van der Waals surface area contributed by atoms with E-state index in [1.54, 1.807) is 11.8 Å². The number of aliphatic hydroxyl groups excluding tert-OH is 3. The van der Waals surface area contributed by atoms with Crippen LogP contribution in [0.15, 0.2) is 0 Å². The number of ether oxygens (including phenoxy) is 1. The second-order valence-corrected chi connectivity index (χ2v) is 7.16. The van der Waals surface area contributed by atoms with Crippen LogP contribution >= 0.6 is 11.8 Å².